The third-order valence-electron chi connectivity index (χ3n) is 2.74. The van der Waals surface area contributed by atoms with Crippen LogP contribution in [0.3, 0.4) is 0 Å². The molecule has 2 N–H and O–H groups in total. The van der Waals surface area contributed by atoms with Crippen molar-refractivity contribution in [3.8, 4) is 0 Å². The van der Waals surface area contributed by atoms with Crippen LogP contribution in [0.25, 0.3) is 0 Å². The standard InChI is InChI=1S/C12H21BO2S/c1-4-5-6-7-11-10(9(2)3)8-12(16-11)13(14)15/h8-9,14-15H,4-7H2,1-3H3. The highest BCUT2D eigenvalue weighted by Gasteiger charge is 2.19. The van der Waals surface area contributed by atoms with E-state index in [1.165, 1.54) is 29.7 Å². The highest BCUT2D eigenvalue weighted by Crippen LogP contribution is 2.25. The van der Waals surface area contributed by atoms with Gasteiger partial charge in [0.15, 0.2) is 0 Å². The van der Waals surface area contributed by atoms with Gasteiger partial charge in [-0.15, -0.1) is 11.3 Å². The Kier molecular flexibility index (Phi) is 5.52. The molecule has 1 heterocycles. The topological polar surface area (TPSA) is 40.5 Å². The molecule has 0 aliphatic heterocycles. The average molecular weight is 240 g/mol. The van der Waals surface area contributed by atoms with Crippen LogP contribution in [0.15, 0.2) is 6.07 Å². The van der Waals surface area contributed by atoms with Gasteiger partial charge in [0.1, 0.15) is 0 Å². The van der Waals surface area contributed by atoms with E-state index in [4.69, 9.17) is 0 Å². The maximum atomic E-state index is 9.18. The van der Waals surface area contributed by atoms with Crippen LogP contribution in [0.5, 0.6) is 0 Å². The van der Waals surface area contributed by atoms with Crippen LogP contribution >= 0.6 is 11.3 Å². The molecule has 0 amide bonds. The molecule has 90 valence electrons. The summed E-state index contributed by atoms with van der Waals surface area (Å²) in [7, 11) is -1.32. The highest BCUT2D eigenvalue weighted by atomic mass is 32.1. The minimum absolute atomic E-state index is 0.459. The predicted octanol–water partition coefficient (Wildman–Crippen LogP) is 2.28. The van der Waals surface area contributed by atoms with Crippen molar-refractivity contribution < 1.29 is 10.0 Å². The summed E-state index contributed by atoms with van der Waals surface area (Å²) in [4.78, 5) is 1.33. The van der Waals surface area contributed by atoms with E-state index in [-0.39, 0.29) is 0 Å². The van der Waals surface area contributed by atoms with E-state index in [0.717, 1.165) is 6.42 Å². The molecule has 1 aromatic rings. The molecular weight excluding hydrogens is 219 g/mol. The Hall–Kier alpha value is -0.315. The summed E-state index contributed by atoms with van der Waals surface area (Å²) < 4.78 is 0.676. The average Bonchev–Trinajstić information content (AvgIpc) is 2.62. The van der Waals surface area contributed by atoms with E-state index in [1.807, 2.05) is 6.07 Å². The smallest absolute Gasteiger partial charge is 0.423 e. The molecule has 4 heteroatoms. The Morgan fingerprint density at radius 2 is 2.00 bits per heavy atom. The molecule has 0 aliphatic rings. The van der Waals surface area contributed by atoms with Crippen molar-refractivity contribution in [3.05, 3.63) is 16.5 Å². The molecule has 16 heavy (non-hydrogen) atoms. The molecule has 2 nitrogen and oxygen atoms in total. The third-order valence-corrected chi connectivity index (χ3v) is 4.00. The minimum Gasteiger partial charge on any atom is -0.423 e. The molecule has 0 unspecified atom stereocenters. The Labute approximate surface area is 102 Å². The quantitative estimate of drug-likeness (QED) is 0.591. The van der Waals surface area contributed by atoms with Crippen molar-refractivity contribution in [2.75, 3.05) is 0 Å². The van der Waals surface area contributed by atoms with E-state index >= 15 is 0 Å². The second-order valence-electron chi connectivity index (χ2n) is 4.51. The number of unbranched alkanes of at least 4 members (excludes halogenated alkanes) is 2. The lowest BCUT2D eigenvalue weighted by atomic mass is 9.87. The fourth-order valence-electron chi connectivity index (χ4n) is 1.81. The number of thiophene rings is 1. The fraction of sp³-hybridized carbons (Fsp3) is 0.667. The van der Waals surface area contributed by atoms with E-state index in [2.05, 4.69) is 20.8 Å². The lowest BCUT2D eigenvalue weighted by molar-refractivity contribution is 0.427. The number of hydrogen-bond acceptors (Lipinski definition) is 3. The van der Waals surface area contributed by atoms with Crippen molar-refractivity contribution in [2.45, 2.75) is 52.4 Å². The fourth-order valence-corrected chi connectivity index (χ4v) is 3.05. The van der Waals surface area contributed by atoms with Crippen LogP contribution in [0.1, 0.15) is 56.4 Å². The molecule has 0 atom stereocenters. The van der Waals surface area contributed by atoms with Crippen molar-refractivity contribution in [3.63, 3.8) is 0 Å². The van der Waals surface area contributed by atoms with Crippen molar-refractivity contribution in [1.29, 1.82) is 0 Å². The zero-order valence-electron chi connectivity index (χ0n) is 10.4. The van der Waals surface area contributed by atoms with Gasteiger partial charge in [0.25, 0.3) is 0 Å². The third kappa shape index (κ3) is 3.61. The van der Waals surface area contributed by atoms with Crippen LogP contribution in [0.4, 0.5) is 0 Å². The monoisotopic (exact) mass is 240 g/mol. The summed E-state index contributed by atoms with van der Waals surface area (Å²) in [5.41, 5.74) is 1.28. The zero-order chi connectivity index (χ0) is 12.1. The Morgan fingerprint density at radius 1 is 1.31 bits per heavy atom. The van der Waals surface area contributed by atoms with Crippen LogP contribution in [0, 0.1) is 0 Å². The molecule has 0 fully saturated rings. The minimum atomic E-state index is -1.32. The van der Waals surface area contributed by atoms with Gasteiger partial charge < -0.3 is 10.0 Å². The molecule has 0 aliphatic carbocycles. The first-order chi connectivity index (χ1) is 7.56. The maximum absolute atomic E-state index is 9.18. The number of rotatable bonds is 6. The van der Waals surface area contributed by atoms with E-state index in [0.29, 0.717) is 10.7 Å². The number of hydrogen-bond donors (Lipinski definition) is 2. The first-order valence-corrected chi connectivity index (χ1v) is 6.86. The maximum Gasteiger partial charge on any atom is 0.499 e. The van der Waals surface area contributed by atoms with Gasteiger partial charge in [-0.1, -0.05) is 33.6 Å². The molecule has 0 spiro atoms. The summed E-state index contributed by atoms with van der Waals surface area (Å²) >= 11 is 1.55. The van der Waals surface area contributed by atoms with Gasteiger partial charge in [0.05, 0.1) is 0 Å². The Balaban J connectivity index is 2.79. The van der Waals surface area contributed by atoms with Gasteiger partial charge >= 0.3 is 7.12 Å². The molecule has 0 saturated carbocycles. The van der Waals surface area contributed by atoms with E-state index < -0.39 is 7.12 Å². The second kappa shape index (κ2) is 6.43. The predicted molar refractivity (Wildman–Crippen MR) is 71.5 cm³/mol. The normalized spacial score (nSPS) is 11.1. The molecular formula is C12H21BO2S. The Bertz CT molecular complexity index is 321. The van der Waals surface area contributed by atoms with E-state index in [9.17, 15) is 10.0 Å². The molecule has 0 saturated heterocycles. The van der Waals surface area contributed by atoms with Crippen LogP contribution < -0.4 is 4.78 Å². The second-order valence-corrected chi connectivity index (χ2v) is 5.68. The summed E-state index contributed by atoms with van der Waals surface area (Å²) in [5.74, 6) is 0.459. The van der Waals surface area contributed by atoms with Gasteiger partial charge in [-0.2, -0.15) is 0 Å². The molecule has 0 bridgehead atoms. The van der Waals surface area contributed by atoms with Crippen molar-refractivity contribution >= 4 is 23.2 Å². The lowest BCUT2D eigenvalue weighted by Crippen LogP contribution is -2.26. The summed E-state index contributed by atoms with van der Waals surface area (Å²) in [6.07, 6.45) is 4.72. The molecule has 0 aromatic carbocycles. The van der Waals surface area contributed by atoms with Gasteiger partial charge in [0.2, 0.25) is 0 Å². The summed E-state index contributed by atoms with van der Waals surface area (Å²) in [6.45, 7) is 6.50. The number of aryl methyl sites for hydroxylation is 1. The summed E-state index contributed by atoms with van der Waals surface area (Å²) in [6, 6.07) is 1.95. The van der Waals surface area contributed by atoms with Crippen LogP contribution in [-0.2, 0) is 6.42 Å². The molecule has 0 radical (unpaired) electrons. The van der Waals surface area contributed by atoms with Gasteiger partial charge in [0, 0.05) is 9.65 Å². The van der Waals surface area contributed by atoms with Gasteiger partial charge in [-0.05, 0) is 30.4 Å². The Morgan fingerprint density at radius 3 is 2.50 bits per heavy atom. The van der Waals surface area contributed by atoms with Crippen LogP contribution in [0.2, 0.25) is 0 Å². The lowest BCUT2D eigenvalue weighted by Gasteiger charge is -2.06. The highest BCUT2D eigenvalue weighted by molar-refractivity contribution is 7.22. The first kappa shape index (κ1) is 13.7. The van der Waals surface area contributed by atoms with Crippen molar-refractivity contribution in [1.82, 2.24) is 0 Å². The SMILES string of the molecule is CCCCCc1sc(B(O)O)cc1C(C)C. The molecule has 1 aromatic heterocycles. The zero-order valence-corrected chi connectivity index (χ0v) is 11.2. The van der Waals surface area contributed by atoms with E-state index in [1.54, 1.807) is 11.3 Å². The van der Waals surface area contributed by atoms with Crippen molar-refractivity contribution in [2.24, 2.45) is 0 Å². The largest absolute Gasteiger partial charge is 0.499 e. The van der Waals surface area contributed by atoms with Gasteiger partial charge in [-0.25, -0.2) is 0 Å². The first-order valence-electron chi connectivity index (χ1n) is 6.04. The van der Waals surface area contributed by atoms with Gasteiger partial charge in [-0.3, -0.25) is 0 Å². The van der Waals surface area contributed by atoms with Crippen LogP contribution in [-0.4, -0.2) is 17.2 Å². The molecule has 1 rings (SSSR count). The summed E-state index contributed by atoms with van der Waals surface area (Å²) in [5, 5.41) is 18.4.